The molecule has 0 bridgehead atoms. The summed E-state index contributed by atoms with van der Waals surface area (Å²) in [5.41, 5.74) is 1.02. The molecule has 0 aliphatic heterocycles. The van der Waals surface area contributed by atoms with E-state index < -0.39 is 6.10 Å². The van der Waals surface area contributed by atoms with Crippen LogP contribution >= 0.6 is 0 Å². The van der Waals surface area contributed by atoms with Crippen molar-refractivity contribution in [2.24, 2.45) is 0 Å². The number of aliphatic hydroxyl groups excluding tert-OH is 1. The highest BCUT2D eigenvalue weighted by molar-refractivity contribution is 5.76. The number of hydrogen-bond donors (Lipinski definition) is 1. The molecule has 1 heterocycles. The second-order valence-electron chi connectivity index (χ2n) is 4.86. The molecule has 0 spiro atoms. The molecule has 4 heteroatoms. The Morgan fingerprint density at radius 2 is 2.17 bits per heavy atom. The van der Waals surface area contributed by atoms with Crippen molar-refractivity contribution in [2.75, 3.05) is 0 Å². The monoisotopic (exact) mass is 250 g/mol. The number of pyridine rings is 1. The van der Waals surface area contributed by atoms with E-state index in [4.69, 9.17) is 0 Å². The van der Waals surface area contributed by atoms with Crippen molar-refractivity contribution in [1.82, 2.24) is 9.88 Å². The number of carbonyl (C=O) groups is 1. The fourth-order valence-electron chi connectivity index (χ4n) is 1.72. The average molecular weight is 250 g/mol. The van der Waals surface area contributed by atoms with Gasteiger partial charge in [0.2, 0.25) is 5.91 Å². The average Bonchev–Trinajstić information content (AvgIpc) is 2.34. The molecule has 1 aromatic heterocycles. The molecule has 0 saturated heterocycles. The second-order valence-corrected chi connectivity index (χ2v) is 4.86. The van der Waals surface area contributed by atoms with Gasteiger partial charge in [0, 0.05) is 31.4 Å². The zero-order valence-corrected chi connectivity index (χ0v) is 11.3. The fraction of sp³-hybridized carbons (Fsp3) is 0.571. The molecule has 0 fully saturated rings. The third-order valence-electron chi connectivity index (χ3n) is 2.80. The maximum atomic E-state index is 12.1. The normalized spacial score (nSPS) is 12.5. The van der Waals surface area contributed by atoms with Gasteiger partial charge in [0.25, 0.3) is 0 Å². The predicted octanol–water partition coefficient (Wildman–Crippen LogP) is 1.98. The highest BCUT2D eigenvalue weighted by atomic mass is 16.3. The first-order valence-corrected chi connectivity index (χ1v) is 6.37. The highest BCUT2D eigenvalue weighted by Crippen LogP contribution is 2.10. The Hall–Kier alpha value is -1.42. The van der Waals surface area contributed by atoms with Gasteiger partial charge in [0.1, 0.15) is 0 Å². The molecule has 0 aliphatic rings. The maximum Gasteiger partial charge on any atom is 0.223 e. The summed E-state index contributed by atoms with van der Waals surface area (Å²) in [5.74, 6) is 0.0785. The Bertz CT molecular complexity index is 363. The summed E-state index contributed by atoms with van der Waals surface area (Å²) in [5, 5.41) is 9.23. The molecule has 1 unspecified atom stereocenters. The lowest BCUT2D eigenvalue weighted by atomic mass is 10.1. The largest absolute Gasteiger partial charge is 0.393 e. The number of aliphatic hydroxyl groups is 1. The molecule has 1 amide bonds. The summed E-state index contributed by atoms with van der Waals surface area (Å²) < 4.78 is 0. The van der Waals surface area contributed by atoms with E-state index in [0.29, 0.717) is 19.4 Å². The van der Waals surface area contributed by atoms with Crippen molar-refractivity contribution in [3.8, 4) is 0 Å². The van der Waals surface area contributed by atoms with E-state index in [9.17, 15) is 9.90 Å². The van der Waals surface area contributed by atoms with Gasteiger partial charge in [-0.1, -0.05) is 6.07 Å². The van der Waals surface area contributed by atoms with Gasteiger partial charge in [-0.05, 0) is 38.8 Å². The van der Waals surface area contributed by atoms with Gasteiger partial charge in [-0.3, -0.25) is 9.78 Å². The fourth-order valence-corrected chi connectivity index (χ4v) is 1.72. The van der Waals surface area contributed by atoms with Crippen LogP contribution in [0.15, 0.2) is 24.5 Å². The van der Waals surface area contributed by atoms with Crippen LogP contribution in [0.4, 0.5) is 0 Å². The number of amides is 1. The van der Waals surface area contributed by atoms with Gasteiger partial charge in [0.15, 0.2) is 0 Å². The van der Waals surface area contributed by atoms with Crippen LogP contribution in [0.1, 0.15) is 39.2 Å². The first kappa shape index (κ1) is 14.6. The van der Waals surface area contributed by atoms with Crippen molar-refractivity contribution in [2.45, 2.75) is 52.3 Å². The van der Waals surface area contributed by atoms with Gasteiger partial charge < -0.3 is 10.0 Å². The molecule has 4 nitrogen and oxygen atoms in total. The van der Waals surface area contributed by atoms with Crippen LogP contribution < -0.4 is 0 Å². The number of nitrogens with zero attached hydrogens (tertiary/aromatic N) is 2. The smallest absolute Gasteiger partial charge is 0.223 e. The van der Waals surface area contributed by atoms with Crippen molar-refractivity contribution in [3.05, 3.63) is 30.1 Å². The summed E-state index contributed by atoms with van der Waals surface area (Å²) >= 11 is 0. The third-order valence-corrected chi connectivity index (χ3v) is 2.80. The third kappa shape index (κ3) is 4.84. The predicted molar refractivity (Wildman–Crippen MR) is 70.8 cm³/mol. The minimum absolute atomic E-state index is 0.0785. The number of aromatic nitrogens is 1. The van der Waals surface area contributed by atoms with Gasteiger partial charge in [-0.2, -0.15) is 0 Å². The van der Waals surface area contributed by atoms with Gasteiger partial charge in [-0.15, -0.1) is 0 Å². The number of rotatable bonds is 6. The topological polar surface area (TPSA) is 53.4 Å². The highest BCUT2D eigenvalue weighted by Gasteiger charge is 2.17. The quantitative estimate of drug-likeness (QED) is 0.840. The minimum Gasteiger partial charge on any atom is -0.393 e. The van der Waals surface area contributed by atoms with E-state index in [1.165, 1.54) is 0 Å². The first-order chi connectivity index (χ1) is 8.50. The summed E-state index contributed by atoms with van der Waals surface area (Å²) in [4.78, 5) is 18.0. The van der Waals surface area contributed by atoms with E-state index in [2.05, 4.69) is 4.98 Å². The van der Waals surface area contributed by atoms with Gasteiger partial charge >= 0.3 is 0 Å². The van der Waals surface area contributed by atoms with Crippen LogP contribution in [0.2, 0.25) is 0 Å². The Kier molecular flexibility index (Phi) is 5.78. The van der Waals surface area contributed by atoms with Crippen LogP contribution in [-0.2, 0) is 11.3 Å². The lowest BCUT2D eigenvalue weighted by molar-refractivity contribution is -0.134. The van der Waals surface area contributed by atoms with Crippen molar-refractivity contribution < 1.29 is 9.90 Å². The number of hydrogen-bond acceptors (Lipinski definition) is 3. The van der Waals surface area contributed by atoms with Crippen molar-refractivity contribution >= 4 is 5.91 Å². The van der Waals surface area contributed by atoms with Crippen LogP contribution in [0.25, 0.3) is 0 Å². The molecule has 1 N–H and O–H groups in total. The first-order valence-electron chi connectivity index (χ1n) is 6.37. The zero-order chi connectivity index (χ0) is 13.5. The Labute approximate surface area is 109 Å². The summed E-state index contributed by atoms with van der Waals surface area (Å²) in [6, 6.07) is 3.98. The second kappa shape index (κ2) is 7.11. The van der Waals surface area contributed by atoms with Crippen LogP contribution in [0, 0.1) is 0 Å². The van der Waals surface area contributed by atoms with E-state index in [1.54, 1.807) is 19.3 Å². The van der Waals surface area contributed by atoms with Crippen molar-refractivity contribution in [3.63, 3.8) is 0 Å². The molecule has 0 aliphatic carbocycles. The Balaban J connectivity index is 2.62. The number of carbonyl (C=O) groups excluding carboxylic acids is 1. The summed E-state index contributed by atoms with van der Waals surface area (Å²) in [7, 11) is 0. The van der Waals surface area contributed by atoms with E-state index in [1.807, 2.05) is 30.9 Å². The summed E-state index contributed by atoms with van der Waals surface area (Å²) in [6.45, 7) is 6.27. The molecule has 1 rings (SSSR count). The van der Waals surface area contributed by atoms with E-state index in [-0.39, 0.29) is 11.9 Å². The Morgan fingerprint density at radius 1 is 1.44 bits per heavy atom. The van der Waals surface area contributed by atoms with E-state index >= 15 is 0 Å². The SMILES string of the molecule is CC(O)CCC(=O)N(Cc1cccnc1)C(C)C. The minimum atomic E-state index is -0.429. The lowest BCUT2D eigenvalue weighted by Crippen LogP contribution is -2.36. The zero-order valence-electron chi connectivity index (χ0n) is 11.3. The van der Waals surface area contributed by atoms with Gasteiger partial charge in [0.05, 0.1) is 6.10 Å². The molecule has 0 radical (unpaired) electrons. The summed E-state index contributed by atoms with van der Waals surface area (Å²) in [6.07, 6.45) is 3.96. The molecule has 18 heavy (non-hydrogen) atoms. The lowest BCUT2D eigenvalue weighted by Gasteiger charge is -2.27. The van der Waals surface area contributed by atoms with Crippen LogP contribution in [0.5, 0.6) is 0 Å². The molecule has 0 aromatic carbocycles. The van der Waals surface area contributed by atoms with Crippen molar-refractivity contribution in [1.29, 1.82) is 0 Å². The standard InChI is InChI=1S/C14H22N2O2/c1-11(2)16(14(18)7-6-12(3)17)10-13-5-4-8-15-9-13/h4-5,8-9,11-12,17H,6-7,10H2,1-3H3. The van der Waals surface area contributed by atoms with Gasteiger partial charge in [-0.25, -0.2) is 0 Å². The molecular formula is C14H22N2O2. The molecule has 1 atom stereocenters. The van der Waals surface area contributed by atoms with E-state index in [0.717, 1.165) is 5.56 Å². The Morgan fingerprint density at radius 3 is 2.67 bits per heavy atom. The molecule has 0 saturated carbocycles. The van der Waals surface area contributed by atoms with Crippen LogP contribution in [0.3, 0.4) is 0 Å². The maximum absolute atomic E-state index is 12.1. The molecule has 1 aromatic rings. The van der Waals surface area contributed by atoms with Crippen LogP contribution in [-0.4, -0.2) is 33.0 Å². The molecule has 100 valence electrons. The molecular weight excluding hydrogens is 228 g/mol.